The van der Waals surface area contributed by atoms with Crippen molar-refractivity contribution in [2.24, 2.45) is 0 Å². The molecule has 0 aliphatic rings. The predicted octanol–water partition coefficient (Wildman–Crippen LogP) is 3.15. The second-order valence-corrected chi connectivity index (χ2v) is 5.94. The van der Waals surface area contributed by atoms with Gasteiger partial charge in [0.1, 0.15) is 24.2 Å². The van der Waals surface area contributed by atoms with E-state index in [1.807, 2.05) is 60.8 Å². The quantitative estimate of drug-likeness (QED) is 0.720. The molecule has 5 nitrogen and oxygen atoms in total. The smallest absolute Gasteiger partial charge is 0.133 e. The monoisotopic (exact) mass is 373 g/mol. The van der Waals surface area contributed by atoms with Gasteiger partial charge in [-0.25, -0.2) is 4.68 Å². The first kappa shape index (κ1) is 15.7. The Kier molecular flexibility index (Phi) is 5.05. The van der Waals surface area contributed by atoms with Crippen molar-refractivity contribution in [3.8, 4) is 17.0 Å². The third-order valence-electron chi connectivity index (χ3n) is 3.27. The number of nitrogens with zero attached hydrogens (tertiary/aromatic N) is 3. The average Bonchev–Trinajstić information content (AvgIpc) is 3.03. The van der Waals surface area contributed by atoms with Crippen LogP contribution in [0.3, 0.4) is 0 Å². The maximum atomic E-state index is 10.1. The number of hydrogen-bond acceptors (Lipinski definition) is 4. The fourth-order valence-corrected chi connectivity index (χ4v) is 2.54. The van der Waals surface area contributed by atoms with Crippen molar-refractivity contribution in [1.29, 1.82) is 0 Å². The van der Waals surface area contributed by atoms with Gasteiger partial charge < -0.3 is 9.84 Å². The van der Waals surface area contributed by atoms with Crippen LogP contribution in [0.1, 0.15) is 0 Å². The summed E-state index contributed by atoms with van der Waals surface area (Å²) in [5.74, 6) is 0.704. The van der Waals surface area contributed by atoms with Gasteiger partial charge >= 0.3 is 0 Å². The van der Waals surface area contributed by atoms with Gasteiger partial charge in [0.05, 0.1) is 17.2 Å². The molecule has 0 aliphatic carbocycles. The molecular formula is C17H16BrN3O2. The zero-order chi connectivity index (χ0) is 16.1. The van der Waals surface area contributed by atoms with E-state index in [4.69, 9.17) is 4.74 Å². The highest BCUT2D eigenvalue weighted by Gasteiger charge is 2.10. The first-order chi connectivity index (χ1) is 11.2. The Morgan fingerprint density at radius 2 is 1.83 bits per heavy atom. The van der Waals surface area contributed by atoms with Crippen molar-refractivity contribution in [2.75, 3.05) is 6.61 Å². The number of ether oxygens (including phenoxy) is 1. The summed E-state index contributed by atoms with van der Waals surface area (Å²) < 4.78 is 8.09. The van der Waals surface area contributed by atoms with Gasteiger partial charge in [0.15, 0.2) is 0 Å². The Morgan fingerprint density at radius 1 is 1.09 bits per heavy atom. The molecule has 0 bridgehead atoms. The standard InChI is InChI=1S/C17H16BrN3O2/c18-15-8-4-5-9-17(15)23-12-14(22)10-21-11-16(19-20-21)13-6-2-1-3-7-13/h1-9,11,14,22H,10,12H2. The molecule has 118 valence electrons. The number of benzene rings is 2. The number of para-hydroxylation sites is 1. The summed E-state index contributed by atoms with van der Waals surface area (Å²) in [7, 11) is 0. The molecule has 0 spiro atoms. The highest BCUT2D eigenvalue weighted by atomic mass is 79.9. The number of aromatic nitrogens is 3. The Bertz CT molecular complexity index is 761. The lowest BCUT2D eigenvalue weighted by molar-refractivity contribution is 0.0885. The van der Waals surface area contributed by atoms with E-state index < -0.39 is 6.10 Å². The summed E-state index contributed by atoms with van der Waals surface area (Å²) in [4.78, 5) is 0. The minimum absolute atomic E-state index is 0.184. The van der Waals surface area contributed by atoms with Gasteiger partial charge in [-0.1, -0.05) is 47.7 Å². The number of hydrogen-bond donors (Lipinski definition) is 1. The molecule has 0 amide bonds. The first-order valence-electron chi connectivity index (χ1n) is 7.23. The maximum Gasteiger partial charge on any atom is 0.133 e. The fourth-order valence-electron chi connectivity index (χ4n) is 2.15. The molecule has 3 aromatic rings. The van der Waals surface area contributed by atoms with Gasteiger partial charge in [0.2, 0.25) is 0 Å². The van der Waals surface area contributed by atoms with Crippen molar-refractivity contribution in [3.05, 3.63) is 65.3 Å². The van der Waals surface area contributed by atoms with Crippen molar-refractivity contribution in [1.82, 2.24) is 15.0 Å². The van der Waals surface area contributed by atoms with E-state index in [2.05, 4.69) is 26.2 Å². The van der Waals surface area contributed by atoms with Gasteiger partial charge in [-0.3, -0.25) is 0 Å². The molecule has 1 unspecified atom stereocenters. The second-order valence-electron chi connectivity index (χ2n) is 5.09. The summed E-state index contributed by atoms with van der Waals surface area (Å²) >= 11 is 3.41. The van der Waals surface area contributed by atoms with Gasteiger partial charge in [-0.15, -0.1) is 5.10 Å². The van der Waals surface area contributed by atoms with Crippen LogP contribution < -0.4 is 4.74 Å². The van der Waals surface area contributed by atoms with Crippen LogP contribution in [0.2, 0.25) is 0 Å². The summed E-state index contributed by atoms with van der Waals surface area (Å²) in [6, 6.07) is 17.3. The summed E-state index contributed by atoms with van der Waals surface area (Å²) in [6.45, 7) is 0.507. The van der Waals surface area contributed by atoms with Crippen molar-refractivity contribution in [3.63, 3.8) is 0 Å². The number of aliphatic hydroxyl groups is 1. The van der Waals surface area contributed by atoms with Crippen LogP contribution in [0.4, 0.5) is 0 Å². The second kappa shape index (κ2) is 7.39. The molecule has 0 radical (unpaired) electrons. The Balaban J connectivity index is 1.57. The van der Waals surface area contributed by atoms with E-state index in [1.165, 1.54) is 0 Å². The molecule has 0 fully saturated rings. The normalized spacial score (nSPS) is 12.1. The van der Waals surface area contributed by atoms with Crippen LogP contribution in [0.5, 0.6) is 5.75 Å². The Labute approximate surface area is 142 Å². The molecule has 23 heavy (non-hydrogen) atoms. The van der Waals surface area contributed by atoms with E-state index >= 15 is 0 Å². The summed E-state index contributed by atoms with van der Waals surface area (Å²) in [6.07, 6.45) is 1.14. The molecule has 0 aliphatic heterocycles. The fraction of sp³-hybridized carbons (Fsp3) is 0.176. The number of halogens is 1. The van der Waals surface area contributed by atoms with Gasteiger partial charge in [0.25, 0.3) is 0 Å². The van der Waals surface area contributed by atoms with Gasteiger partial charge in [-0.05, 0) is 28.1 Å². The van der Waals surface area contributed by atoms with Crippen molar-refractivity contribution in [2.45, 2.75) is 12.6 Å². The third kappa shape index (κ3) is 4.18. The molecule has 0 saturated carbocycles. The van der Waals surface area contributed by atoms with Gasteiger partial charge in [0, 0.05) is 5.56 Å². The maximum absolute atomic E-state index is 10.1. The zero-order valence-electron chi connectivity index (χ0n) is 12.3. The molecule has 1 heterocycles. The summed E-state index contributed by atoms with van der Waals surface area (Å²) in [5, 5.41) is 18.3. The zero-order valence-corrected chi connectivity index (χ0v) is 13.9. The first-order valence-corrected chi connectivity index (χ1v) is 8.02. The molecule has 1 aromatic heterocycles. The van der Waals surface area contributed by atoms with Crippen LogP contribution in [0.15, 0.2) is 65.3 Å². The lowest BCUT2D eigenvalue weighted by Crippen LogP contribution is -2.24. The lowest BCUT2D eigenvalue weighted by Gasteiger charge is -2.12. The van der Waals surface area contributed by atoms with Crippen molar-refractivity contribution >= 4 is 15.9 Å². The highest BCUT2D eigenvalue weighted by molar-refractivity contribution is 9.10. The van der Waals surface area contributed by atoms with E-state index in [-0.39, 0.29) is 6.61 Å². The van der Waals surface area contributed by atoms with Crippen molar-refractivity contribution < 1.29 is 9.84 Å². The molecule has 6 heteroatoms. The van der Waals surface area contributed by atoms with Gasteiger partial charge in [-0.2, -0.15) is 0 Å². The predicted molar refractivity (Wildman–Crippen MR) is 91.1 cm³/mol. The number of rotatable bonds is 6. The lowest BCUT2D eigenvalue weighted by atomic mass is 10.2. The minimum Gasteiger partial charge on any atom is -0.490 e. The third-order valence-corrected chi connectivity index (χ3v) is 3.93. The van der Waals surface area contributed by atoms with Crippen LogP contribution in [-0.2, 0) is 6.54 Å². The van der Waals surface area contributed by atoms with E-state index in [0.29, 0.717) is 12.3 Å². The van der Waals surface area contributed by atoms with Crippen LogP contribution in [-0.4, -0.2) is 32.8 Å². The number of aliphatic hydroxyl groups excluding tert-OH is 1. The topological polar surface area (TPSA) is 60.2 Å². The largest absolute Gasteiger partial charge is 0.490 e. The van der Waals surface area contributed by atoms with Crippen LogP contribution in [0.25, 0.3) is 11.3 Å². The SMILES string of the molecule is OC(COc1ccccc1Br)Cn1cc(-c2ccccc2)nn1. The Hall–Kier alpha value is -2.18. The molecule has 3 rings (SSSR count). The molecule has 1 atom stereocenters. The Morgan fingerprint density at radius 3 is 2.61 bits per heavy atom. The van der Waals surface area contributed by atoms with Crippen LogP contribution in [0, 0.1) is 0 Å². The van der Waals surface area contributed by atoms with Crippen LogP contribution >= 0.6 is 15.9 Å². The molecule has 1 N–H and O–H groups in total. The van der Waals surface area contributed by atoms with E-state index in [1.54, 1.807) is 4.68 Å². The molecule has 2 aromatic carbocycles. The summed E-state index contributed by atoms with van der Waals surface area (Å²) in [5.41, 5.74) is 1.78. The molecule has 0 saturated heterocycles. The molecular weight excluding hydrogens is 358 g/mol. The highest BCUT2D eigenvalue weighted by Crippen LogP contribution is 2.23. The average molecular weight is 374 g/mol. The van der Waals surface area contributed by atoms with E-state index in [9.17, 15) is 5.11 Å². The minimum atomic E-state index is -0.674. The van der Waals surface area contributed by atoms with E-state index in [0.717, 1.165) is 15.7 Å².